The smallest absolute Gasteiger partial charge is 0.240 e. The molecular weight excluding hydrogens is 266 g/mol. The first-order chi connectivity index (χ1) is 9.77. The molecule has 1 N–H and O–H groups in total. The van der Waals surface area contributed by atoms with Gasteiger partial charge in [-0.05, 0) is 12.8 Å². The van der Waals surface area contributed by atoms with Crippen molar-refractivity contribution in [3.05, 3.63) is 0 Å². The van der Waals surface area contributed by atoms with E-state index in [1.54, 1.807) is 0 Å². The molecule has 5 heteroatoms. The summed E-state index contributed by atoms with van der Waals surface area (Å²) in [5.41, 5.74) is -0.242. The number of hydrogen-bond donors (Lipinski definition) is 1. The first-order valence-electron chi connectivity index (χ1n) is 8.15. The minimum atomic E-state index is -0.242. The van der Waals surface area contributed by atoms with Gasteiger partial charge in [0.2, 0.25) is 11.8 Å². The Morgan fingerprint density at radius 2 is 1.86 bits per heavy atom. The van der Waals surface area contributed by atoms with E-state index in [0.29, 0.717) is 5.92 Å². The van der Waals surface area contributed by atoms with Crippen molar-refractivity contribution in [2.24, 2.45) is 11.8 Å². The van der Waals surface area contributed by atoms with Crippen molar-refractivity contribution in [3.8, 4) is 0 Å². The van der Waals surface area contributed by atoms with E-state index in [-0.39, 0.29) is 29.4 Å². The maximum Gasteiger partial charge on any atom is 0.240 e. The summed E-state index contributed by atoms with van der Waals surface area (Å²) in [5.74, 6) is 0.918. The zero-order chi connectivity index (χ0) is 15.8. The molecule has 0 aromatic carbocycles. The normalized spacial score (nSPS) is 25.5. The van der Waals surface area contributed by atoms with Crippen molar-refractivity contribution in [1.82, 2.24) is 15.1 Å². The van der Waals surface area contributed by atoms with Gasteiger partial charge in [0.15, 0.2) is 0 Å². The highest BCUT2D eigenvalue weighted by molar-refractivity contribution is 5.85. The molecule has 0 bridgehead atoms. The van der Waals surface area contributed by atoms with E-state index < -0.39 is 0 Å². The number of piperidine rings is 1. The highest BCUT2D eigenvalue weighted by Crippen LogP contribution is 2.33. The Morgan fingerprint density at radius 3 is 2.33 bits per heavy atom. The van der Waals surface area contributed by atoms with Crippen molar-refractivity contribution in [2.75, 3.05) is 19.6 Å². The van der Waals surface area contributed by atoms with Gasteiger partial charge < -0.3 is 9.80 Å². The van der Waals surface area contributed by atoms with E-state index in [1.165, 1.54) is 0 Å². The van der Waals surface area contributed by atoms with Crippen molar-refractivity contribution in [3.63, 3.8) is 0 Å². The van der Waals surface area contributed by atoms with E-state index in [4.69, 9.17) is 0 Å². The Bertz CT molecular complexity index is 412. The lowest BCUT2D eigenvalue weighted by atomic mass is 9.94. The number of amides is 2. The summed E-state index contributed by atoms with van der Waals surface area (Å²) in [6, 6.07) is -0.115. The van der Waals surface area contributed by atoms with Gasteiger partial charge in [-0.1, -0.05) is 27.7 Å². The molecule has 0 aliphatic carbocycles. The Hall–Kier alpha value is -1.10. The van der Waals surface area contributed by atoms with E-state index in [0.717, 1.165) is 32.5 Å². The van der Waals surface area contributed by atoms with Crippen LogP contribution >= 0.6 is 0 Å². The monoisotopic (exact) mass is 295 g/mol. The highest BCUT2D eigenvalue weighted by atomic mass is 16.2. The van der Waals surface area contributed by atoms with Gasteiger partial charge in [0.25, 0.3) is 0 Å². The van der Waals surface area contributed by atoms with Crippen molar-refractivity contribution >= 4 is 11.8 Å². The number of nitrogens with one attached hydrogen (secondary N) is 1. The zero-order valence-electron chi connectivity index (χ0n) is 14.0. The van der Waals surface area contributed by atoms with Crippen LogP contribution in [0.15, 0.2) is 0 Å². The number of carbonyl (C=O) groups excluding carboxylic acids is 2. The molecule has 2 saturated heterocycles. The Balaban J connectivity index is 2.09. The maximum absolute atomic E-state index is 12.4. The summed E-state index contributed by atoms with van der Waals surface area (Å²) in [5, 5.41) is 3.50. The molecule has 0 radical (unpaired) electrons. The molecule has 0 saturated carbocycles. The zero-order valence-corrected chi connectivity index (χ0v) is 14.0. The van der Waals surface area contributed by atoms with Crippen molar-refractivity contribution in [1.29, 1.82) is 0 Å². The van der Waals surface area contributed by atoms with Crippen molar-refractivity contribution < 1.29 is 9.59 Å². The van der Waals surface area contributed by atoms with Crippen LogP contribution < -0.4 is 5.32 Å². The molecule has 0 aromatic heterocycles. The topological polar surface area (TPSA) is 52.7 Å². The molecule has 21 heavy (non-hydrogen) atoms. The first kappa shape index (κ1) is 16.3. The molecule has 2 aliphatic heterocycles. The van der Waals surface area contributed by atoms with E-state index in [1.807, 2.05) is 30.6 Å². The van der Waals surface area contributed by atoms with Crippen LogP contribution in [-0.4, -0.2) is 53.0 Å². The predicted octanol–water partition coefficient (Wildman–Crippen LogP) is 1.44. The first-order valence-corrected chi connectivity index (χ1v) is 8.15. The summed E-state index contributed by atoms with van der Waals surface area (Å²) in [6.07, 6.45) is 1.66. The molecule has 1 spiro atoms. The van der Waals surface area contributed by atoms with Crippen LogP contribution in [0.4, 0.5) is 0 Å². The summed E-state index contributed by atoms with van der Waals surface area (Å²) in [7, 11) is 0. The number of carbonyl (C=O) groups is 2. The maximum atomic E-state index is 12.4. The van der Waals surface area contributed by atoms with Gasteiger partial charge in [0, 0.05) is 38.4 Å². The average molecular weight is 295 g/mol. The number of nitrogens with zero attached hydrogens (tertiary/aromatic N) is 2. The highest BCUT2D eigenvalue weighted by Gasteiger charge is 2.50. The molecule has 5 nitrogen and oxygen atoms in total. The quantitative estimate of drug-likeness (QED) is 0.857. The van der Waals surface area contributed by atoms with Crippen LogP contribution in [0.3, 0.4) is 0 Å². The molecule has 120 valence electrons. The molecule has 2 aliphatic rings. The Morgan fingerprint density at radius 1 is 1.29 bits per heavy atom. The van der Waals surface area contributed by atoms with Gasteiger partial charge in [-0.25, -0.2) is 0 Å². The average Bonchev–Trinajstić information content (AvgIpc) is 2.63. The van der Waals surface area contributed by atoms with Crippen molar-refractivity contribution in [2.45, 2.75) is 59.2 Å². The lowest BCUT2D eigenvalue weighted by Crippen LogP contribution is -2.60. The second-order valence-corrected chi connectivity index (χ2v) is 7.22. The van der Waals surface area contributed by atoms with E-state index >= 15 is 0 Å². The third kappa shape index (κ3) is 3.07. The van der Waals surface area contributed by atoms with Gasteiger partial charge in [-0.2, -0.15) is 0 Å². The summed E-state index contributed by atoms with van der Waals surface area (Å²) in [6.45, 7) is 12.4. The Labute approximate surface area is 128 Å². The van der Waals surface area contributed by atoms with Gasteiger partial charge in [0.1, 0.15) is 0 Å². The summed E-state index contributed by atoms with van der Waals surface area (Å²) in [4.78, 5) is 28.5. The van der Waals surface area contributed by atoms with Gasteiger partial charge in [0.05, 0.1) is 11.7 Å². The summed E-state index contributed by atoms with van der Waals surface area (Å²) < 4.78 is 0. The lowest BCUT2D eigenvalue weighted by Gasteiger charge is -2.45. The van der Waals surface area contributed by atoms with Crippen LogP contribution in [0.2, 0.25) is 0 Å². The SMILES string of the molecule is CC(C)CN1C(=O)C(C)NC12CCN(C(=O)C(C)C)CC2. The van der Waals surface area contributed by atoms with Gasteiger partial charge in [-0.3, -0.25) is 14.9 Å². The fourth-order valence-electron chi connectivity index (χ4n) is 3.49. The fraction of sp³-hybridized carbons (Fsp3) is 0.875. The molecule has 0 aromatic rings. The standard InChI is InChI=1S/C16H29N3O2/c1-11(2)10-19-15(21)13(5)17-16(19)6-8-18(9-7-16)14(20)12(3)4/h11-13,17H,6-10H2,1-5H3. The molecule has 2 amide bonds. The molecule has 1 unspecified atom stereocenters. The van der Waals surface area contributed by atoms with E-state index in [9.17, 15) is 9.59 Å². The molecule has 2 fully saturated rings. The van der Waals surface area contributed by atoms with Crippen LogP contribution in [0.1, 0.15) is 47.5 Å². The van der Waals surface area contributed by atoms with Crippen LogP contribution in [0.5, 0.6) is 0 Å². The van der Waals surface area contributed by atoms with Crippen LogP contribution in [-0.2, 0) is 9.59 Å². The van der Waals surface area contributed by atoms with Gasteiger partial charge >= 0.3 is 0 Å². The summed E-state index contributed by atoms with van der Waals surface area (Å²) >= 11 is 0. The minimum absolute atomic E-state index is 0.0444. The third-order valence-corrected chi connectivity index (χ3v) is 4.58. The second-order valence-electron chi connectivity index (χ2n) is 7.22. The predicted molar refractivity (Wildman–Crippen MR) is 82.5 cm³/mol. The number of likely N-dealkylation sites (tertiary alicyclic amines) is 1. The molecule has 1 atom stereocenters. The number of rotatable bonds is 3. The Kier molecular flexibility index (Phi) is 4.61. The molecular formula is C16H29N3O2. The van der Waals surface area contributed by atoms with E-state index in [2.05, 4.69) is 19.2 Å². The van der Waals surface area contributed by atoms with Crippen LogP contribution in [0, 0.1) is 11.8 Å². The molecule has 2 rings (SSSR count). The minimum Gasteiger partial charge on any atom is -0.342 e. The second kappa shape index (κ2) is 5.95. The third-order valence-electron chi connectivity index (χ3n) is 4.58. The van der Waals surface area contributed by atoms with Crippen LogP contribution in [0.25, 0.3) is 0 Å². The molecule has 2 heterocycles. The number of hydrogen-bond acceptors (Lipinski definition) is 3. The van der Waals surface area contributed by atoms with Gasteiger partial charge in [-0.15, -0.1) is 0 Å². The lowest BCUT2D eigenvalue weighted by molar-refractivity contribution is -0.139. The fourth-order valence-corrected chi connectivity index (χ4v) is 3.49. The largest absolute Gasteiger partial charge is 0.342 e.